The highest BCUT2D eigenvalue weighted by Crippen LogP contribution is 2.42. The molecule has 1 aliphatic carbocycles. The number of β-amino-alcohol motifs (C(OH)–C–C–N with tert-alkyl or cyclic N) is 1. The van der Waals surface area contributed by atoms with Crippen LogP contribution in [-0.2, 0) is 4.79 Å². The molecule has 7 heteroatoms. The summed E-state index contributed by atoms with van der Waals surface area (Å²) in [7, 11) is 0. The third-order valence-electron chi connectivity index (χ3n) is 4.80. The van der Waals surface area contributed by atoms with Crippen molar-refractivity contribution in [3.8, 4) is 0 Å². The number of carbonyl (C=O) groups excluding carboxylic acids is 1. The molecule has 1 amide bonds. The molecule has 0 spiro atoms. The molecule has 1 saturated carbocycles. The van der Waals surface area contributed by atoms with Crippen molar-refractivity contribution in [2.75, 3.05) is 32.7 Å². The molecule has 2 atom stereocenters. The summed E-state index contributed by atoms with van der Waals surface area (Å²) in [5.74, 6) is -2.74. The number of aliphatic hydroxyl groups is 1. The maximum absolute atomic E-state index is 13.2. The van der Waals surface area contributed by atoms with E-state index in [-0.39, 0.29) is 12.3 Å². The lowest BCUT2D eigenvalue weighted by atomic mass is 9.78. The summed E-state index contributed by atoms with van der Waals surface area (Å²) in [6, 6.07) is 0. The highest BCUT2D eigenvalue weighted by atomic mass is 19.4. The summed E-state index contributed by atoms with van der Waals surface area (Å²) in [6.45, 7) is 6.02. The predicted octanol–water partition coefficient (Wildman–Crippen LogP) is 2.27. The Morgan fingerprint density at radius 3 is 2.17 bits per heavy atom. The van der Waals surface area contributed by atoms with Gasteiger partial charge < -0.3 is 10.0 Å². The highest BCUT2D eigenvalue weighted by Gasteiger charge is 2.49. The number of piperazine rings is 1. The molecular formula is C16H27F3N2O2. The van der Waals surface area contributed by atoms with Crippen molar-refractivity contribution in [1.82, 2.24) is 9.80 Å². The lowest BCUT2D eigenvalue weighted by Crippen LogP contribution is -2.54. The maximum atomic E-state index is 13.2. The van der Waals surface area contributed by atoms with Crippen LogP contribution in [0.15, 0.2) is 0 Å². The van der Waals surface area contributed by atoms with Crippen LogP contribution >= 0.6 is 0 Å². The van der Waals surface area contributed by atoms with Crippen LogP contribution in [-0.4, -0.2) is 65.3 Å². The number of nitrogens with zero attached hydrogens (tertiary/aromatic N) is 2. The fourth-order valence-electron chi connectivity index (χ4n) is 3.73. The Hall–Kier alpha value is -0.820. The largest absolute Gasteiger partial charge is 0.392 e. The Bertz CT molecular complexity index is 413. The topological polar surface area (TPSA) is 43.8 Å². The van der Waals surface area contributed by atoms with Gasteiger partial charge in [-0.25, -0.2) is 0 Å². The Kier molecular flexibility index (Phi) is 5.61. The zero-order chi connectivity index (χ0) is 17.3. The van der Waals surface area contributed by atoms with Crippen LogP contribution in [0.25, 0.3) is 0 Å². The number of halogens is 3. The lowest BCUT2D eigenvalue weighted by molar-refractivity contribution is -0.201. The van der Waals surface area contributed by atoms with E-state index in [1.807, 2.05) is 4.90 Å². The highest BCUT2D eigenvalue weighted by molar-refractivity contribution is 5.79. The second-order valence-corrected chi connectivity index (χ2v) is 7.45. The maximum Gasteiger partial charge on any atom is 0.392 e. The standard InChI is InChI=1S/C16H27F3N2O2/c1-15(2,23)11-20-7-9-21(10-8-20)14(22)12-5-3-4-6-13(12)16(17,18)19/h12-13,23H,3-11H2,1-2H3/t12-,13+/m0/s1. The fraction of sp³-hybridized carbons (Fsp3) is 0.938. The van der Waals surface area contributed by atoms with E-state index in [1.165, 1.54) is 0 Å². The van der Waals surface area contributed by atoms with Crippen LogP contribution in [0, 0.1) is 11.8 Å². The SMILES string of the molecule is CC(C)(O)CN1CCN(C(=O)[C@H]2CCCC[C@H]2C(F)(F)F)CC1. The molecule has 134 valence electrons. The number of rotatable bonds is 3. The van der Waals surface area contributed by atoms with Gasteiger partial charge in [0, 0.05) is 38.6 Å². The molecule has 0 radical (unpaired) electrons. The van der Waals surface area contributed by atoms with E-state index in [4.69, 9.17) is 0 Å². The summed E-state index contributed by atoms with van der Waals surface area (Å²) in [6.07, 6.45) is -2.63. The van der Waals surface area contributed by atoms with Gasteiger partial charge in [-0.2, -0.15) is 13.2 Å². The molecule has 0 unspecified atom stereocenters. The van der Waals surface area contributed by atoms with Crippen LogP contribution in [0.5, 0.6) is 0 Å². The smallest absolute Gasteiger partial charge is 0.389 e. The van der Waals surface area contributed by atoms with Crippen LogP contribution < -0.4 is 0 Å². The molecule has 1 saturated heterocycles. The third-order valence-corrected chi connectivity index (χ3v) is 4.80. The number of hydrogen-bond donors (Lipinski definition) is 1. The molecule has 0 bridgehead atoms. The second-order valence-electron chi connectivity index (χ2n) is 7.45. The summed E-state index contributed by atoms with van der Waals surface area (Å²) < 4.78 is 39.5. The van der Waals surface area contributed by atoms with Gasteiger partial charge in [-0.1, -0.05) is 12.8 Å². The van der Waals surface area contributed by atoms with Gasteiger partial charge in [0.05, 0.1) is 11.5 Å². The summed E-state index contributed by atoms with van der Waals surface area (Å²) in [5, 5.41) is 9.83. The molecule has 2 rings (SSSR count). The van der Waals surface area contributed by atoms with E-state index in [9.17, 15) is 23.1 Å². The quantitative estimate of drug-likeness (QED) is 0.860. The molecular weight excluding hydrogens is 309 g/mol. The number of hydrogen-bond acceptors (Lipinski definition) is 3. The predicted molar refractivity (Wildman–Crippen MR) is 80.8 cm³/mol. The van der Waals surface area contributed by atoms with Gasteiger partial charge in [0.2, 0.25) is 5.91 Å². The van der Waals surface area contributed by atoms with E-state index >= 15 is 0 Å². The molecule has 0 aromatic carbocycles. The number of carbonyl (C=O) groups is 1. The molecule has 0 aromatic heterocycles. The van der Waals surface area contributed by atoms with Gasteiger partial charge in [-0.15, -0.1) is 0 Å². The average Bonchev–Trinajstić information content (AvgIpc) is 2.45. The summed E-state index contributed by atoms with van der Waals surface area (Å²) >= 11 is 0. The molecule has 23 heavy (non-hydrogen) atoms. The molecule has 1 heterocycles. The van der Waals surface area contributed by atoms with Gasteiger partial charge in [-0.3, -0.25) is 9.69 Å². The van der Waals surface area contributed by atoms with Crippen molar-refractivity contribution < 1.29 is 23.1 Å². The Labute approximate surface area is 135 Å². The minimum absolute atomic E-state index is 0.0680. The lowest BCUT2D eigenvalue weighted by Gasteiger charge is -2.40. The van der Waals surface area contributed by atoms with Crippen LogP contribution in [0.4, 0.5) is 13.2 Å². The number of amides is 1. The second kappa shape index (κ2) is 6.97. The number of alkyl halides is 3. The summed E-state index contributed by atoms with van der Waals surface area (Å²) in [4.78, 5) is 16.2. The monoisotopic (exact) mass is 336 g/mol. The zero-order valence-corrected chi connectivity index (χ0v) is 13.9. The molecule has 4 nitrogen and oxygen atoms in total. The zero-order valence-electron chi connectivity index (χ0n) is 13.9. The Balaban J connectivity index is 1.93. The van der Waals surface area contributed by atoms with E-state index < -0.39 is 23.6 Å². The van der Waals surface area contributed by atoms with Gasteiger partial charge in [0.1, 0.15) is 0 Å². The van der Waals surface area contributed by atoms with Crippen molar-refractivity contribution in [1.29, 1.82) is 0 Å². The van der Waals surface area contributed by atoms with Gasteiger partial charge in [-0.05, 0) is 26.7 Å². The first kappa shape index (κ1) is 18.5. The first-order valence-electron chi connectivity index (χ1n) is 8.38. The van der Waals surface area contributed by atoms with Gasteiger partial charge in [0.15, 0.2) is 0 Å². The van der Waals surface area contributed by atoms with Crippen molar-refractivity contribution >= 4 is 5.91 Å². The van der Waals surface area contributed by atoms with Crippen molar-refractivity contribution in [3.63, 3.8) is 0 Å². The molecule has 1 aliphatic heterocycles. The van der Waals surface area contributed by atoms with Crippen molar-refractivity contribution in [3.05, 3.63) is 0 Å². The molecule has 2 fully saturated rings. The van der Waals surface area contributed by atoms with Crippen LogP contribution in [0.1, 0.15) is 39.5 Å². The van der Waals surface area contributed by atoms with Crippen molar-refractivity contribution in [2.45, 2.75) is 51.3 Å². The normalized spacial score (nSPS) is 28.0. The Morgan fingerprint density at radius 2 is 1.65 bits per heavy atom. The Morgan fingerprint density at radius 1 is 1.09 bits per heavy atom. The molecule has 2 aliphatic rings. The first-order valence-corrected chi connectivity index (χ1v) is 8.38. The van der Waals surface area contributed by atoms with E-state index in [0.717, 1.165) is 0 Å². The van der Waals surface area contributed by atoms with E-state index in [1.54, 1.807) is 18.7 Å². The average molecular weight is 336 g/mol. The first-order chi connectivity index (χ1) is 10.6. The third kappa shape index (κ3) is 5.08. The van der Waals surface area contributed by atoms with Crippen LogP contribution in [0.3, 0.4) is 0 Å². The minimum Gasteiger partial charge on any atom is -0.389 e. The summed E-state index contributed by atoms with van der Waals surface area (Å²) in [5.41, 5.74) is -0.809. The van der Waals surface area contributed by atoms with Gasteiger partial charge in [0.25, 0.3) is 0 Å². The van der Waals surface area contributed by atoms with Crippen molar-refractivity contribution in [2.24, 2.45) is 11.8 Å². The van der Waals surface area contributed by atoms with Gasteiger partial charge >= 0.3 is 6.18 Å². The van der Waals surface area contributed by atoms with E-state index in [0.29, 0.717) is 52.0 Å². The molecule has 1 N–H and O–H groups in total. The van der Waals surface area contributed by atoms with E-state index in [2.05, 4.69) is 0 Å². The van der Waals surface area contributed by atoms with Crippen LogP contribution in [0.2, 0.25) is 0 Å². The molecule has 0 aromatic rings. The minimum atomic E-state index is -4.29. The fourth-order valence-corrected chi connectivity index (χ4v) is 3.73.